The molecule has 1 saturated carbocycles. The van der Waals surface area contributed by atoms with Gasteiger partial charge in [0.1, 0.15) is 0 Å². The number of aryl methyl sites for hydroxylation is 2. The van der Waals surface area contributed by atoms with Crippen molar-refractivity contribution in [2.45, 2.75) is 49.2 Å². The lowest BCUT2D eigenvalue weighted by molar-refractivity contribution is -0.118. The summed E-state index contributed by atoms with van der Waals surface area (Å²) in [7, 11) is -3.88. The molecule has 0 heterocycles. The molecule has 2 amide bonds. The lowest BCUT2D eigenvalue weighted by Gasteiger charge is -2.28. The summed E-state index contributed by atoms with van der Waals surface area (Å²) in [5, 5.41) is 2.73. The van der Waals surface area contributed by atoms with E-state index in [1.807, 2.05) is 13.0 Å². The number of hydrogen-bond donors (Lipinski definition) is 2. The fourth-order valence-electron chi connectivity index (χ4n) is 3.73. The highest BCUT2D eigenvalue weighted by Crippen LogP contribution is 2.42. The van der Waals surface area contributed by atoms with Gasteiger partial charge < -0.3 is 11.1 Å². The van der Waals surface area contributed by atoms with Crippen molar-refractivity contribution in [2.24, 2.45) is 5.73 Å². The molecular weight excluding hydrogens is 376 g/mol. The van der Waals surface area contributed by atoms with Gasteiger partial charge in [0.25, 0.3) is 0 Å². The van der Waals surface area contributed by atoms with Crippen molar-refractivity contribution in [3.05, 3.63) is 59.2 Å². The first-order valence-corrected chi connectivity index (χ1v) is 10.7. The third-order valence-electron chi connectivity index (χ3n) is 5.40. The molecule has 0 unspecified atom stereocenters. The Morgan fingerprint density at radius 1 is 1.00 bits per heavy atom. The van der Waals surface area contributed by atoms with Gasteiger partial charge in [-0.3, -0.25) is 9.59 Å². The summed E-state index contributed by atoms with van der Waals surface area (Å²) in [4.78, 5) is 24.6. The zero-order valence-electron chi connectivity index (χ0n) is 16.0. The second-order valence-corrected chi connectivity index (χ2v) is 9.60. The Hall–Kier alpha value is -2.67. The van der Waals surface area contributed by atoms with Crippen molar-refractivity contribution in [3.8, 4) is 0 Å². The molecule has 6 nitrogen and oxygen atoms in total. The van der Waals surface area contributed by atoms with Crippen molar-refractivity contribution in [1.29, 1.82) is 0 Å². The maximum absolute atomic E-state index is 13.6. The maximum atomic E-state index is 13.6. The molecule has 3 N–H and O–H groups in total. The molecule has 0 spiro atoms. The van der Waals surface area contributed by atoms with Crippen LogP contribution in [0.4, 0.5) is 5.69 Å². The normalized spacial score (nSPS) is 15.9. The zero-order valence-corrected chi connectivity index (χ0v) is 16.8. The van der Waals surface area contributed by atoms with E-state index in [2.05, 4.69) is 5.32 Å². The average Bonchev–Trinajstić information content (AvgIpc) is 3.16. The maximum Gasteiger partial charge on any atom is 0.248 e. The molecule has 0 atom stereocenters. The molecule has 28 heavy (non-hydrogen) atoms. The van der Waals surface area contributed by atoms with Crippen LogP contribution in [0.2, 0.25) is 0 Å². The molecule has 0 aromatic heterocycles. The fourth-order valence-corrected chi connectivity index (χ4v) is 6.11. The third-order valence-corrected chi connectivity index (χ3v) is 8.04. The largest absolute Gasteiger partial charge is 0.366 e. The van der Waals surface area contributed by atoms with E-state index in [-0.39, 0.29) is 17.7 Å². The summed E-state index contributed by atoms with van der Waals surface area (Å²) in [6, 6.07) is 11.4. The van der Waals surface area contributed by atoms with Crippen LogP contribution in [0.15, 0.2) is 47.4 Å². The molecule has 2 aromatic rings. The van der Waals surface area contributed by atoms with Gasteiger partial charge in [-0.15, -0.1) is 0 Å². The molecule has 7 heteroatoms. The van der Waals surface area contributed by atoms with E-state index in [9.17, 15) is 18.0 Å². The molecular formula is C21H24N2O4S. The Morgan fingerprint density at radius 2 is 1.61 bits per heavy atom. The van der Waals surface area contributed by atoms with Gasteiger partial charge in [0.05, 0.1) is 4.90 Å². The molecule has 1 aliphatic rings. The van der Waals surface area contributed by atoms with E-state index in [0.29, 0.717) is 29.7 Å². The van der Waals surface area contributed by atoms with Gasteiger partial charge in [-0.1, -0.05) is 25.0 Å². The Labute approximate surface area is 165 Å². The number of anilines is 1. The predicted octanol–water partition coefficient (Wildman–Crippen LogP) is 3.13. The minimum atomic E-state index is -3.88. The van der Waals surface area contributed by atoms with Gasteiger partial charge in [0, 0.05) is 11.3 Å². The molecule has 0 radical (unpaired) electrons. The second kappa shape index (κ2) is 7.39. The monoisotopic (exact) mass is 400 g/mol. The molecule has 148 valence electrons. The minimum absolute atomic E-state index is 0.216. The number of carbonyl (C=O) groups excluding carboxylic acids is 2. The van der Waals surface area contributed by atoms with Crippen LogP contribution in [-0.4, -0.2) is 25.0 Å². The molecule has 0 aliphatic heterocycles. The van der Waals surface area contributed by atoms with Crippen LogP contribution in [0.3, 0.4) is 0 Å². The van der Waals surface area contributed by atoms with Crippen molar-refractivity contribution < 1.29 is 18.0 Å². The number of benzene rings is 2. The third kappa shape index (κ3) is 3.42. The molecule has 1 aliphatic carbocycles. The SMILES string of the molecule is Cc1ccc(C)c(S(=O)(=O)C2(C(=O)Nc3ccc(C(N)=O)cc3)CCCC2)c1. The first-order chi connectivity index (χ1) is 13.2. The van der Waals surface area contributed by atoms with Crippen molar-refractivity contribution >= 4 is 27.3 Å². The van der Waals surface area contributed by atoms with Gasteiger partial charge in [0.15, 0.2) is 14.6 Å². The van der Waals surface area contributed by atoms with Gasteiger partial charge in [0.2, 0.25) is 11.8 Å². The number of rotatable bonds is 5. The lowest BCUT2D eigenvalue weighted by Crippen LogP contribution is -2.47. The Balaban J connectivity index is 1.98. The number of nitrogens with two attached hydrogens (primary N) is 1. The summed E-state index contributed by atoms with van der Waals surface area (Å²) in [6.45, 7) is 3.58. The van der Waals surface area contributed by atoms with Crippen LogP contribution in [0, 0.1) is 13.8 Å². The van der Waals surface area contributed by atoms with Crippen molar-refractivity contribution in [3.63, 3.8) is 0 Å². The number of primary amides is 1. The highest BCUT2D eigenvalue weighted by molar-refractivity contribution is 7.93. The lowest BCUT2D eigenvalue weighted by atomic mass is 10.1. The van der Waals surface area contributed by atoms with Crippen LogP contribution >= 0.6 is 0 Å². The minimum Gasteiger partial charge on any atom is -0.366 e. The van der Waals surface area contributed by atoms with Crippen LogP contribution in [0.5, 0.6) is 0 Å². The number of sulfone groups is 1. The highest BCUT2D eigenvalue weighted by Gasteiger charge is 2.53. The van der Waals surface area contributed by atoms with E-state index >= 15 is 0 Å². The quantitative estimate of drug-likeness (QED) is 0.804. The Kier molecular flexibility index (Phi) is 5.30. The number of nitrogens with one attached hydrogen (secondary N) is 1. The summed E-state index contributed by atoms with van der Waals surface area (Å²) in [5.41, 5.74) is 7.44. The Morgan fingerprint density at radius 3 is 2.18 bits per heavy atom. The summed E-state index contributed by atoms with van der Waals surface area (Å²) < 4.78 is 25.7. The molecule has 0 bridgehead atoms. The highest BCUT2D eigenvalue weighted by atomic mass is 32.2. The number of amides is 2. The van der Waals surface area contributed by atoms with Gasteiger partial charge in [-0.25, -0.2) is 8.42 Å². The Bertz CT molecular complexity index is 1020. The second-order valence-electron chi connectivity index (χ2n) is 7.37. The summed E-state index contributed by atoms with van der Waals surface area (Å²) >= 11 is 0. The van der Waals surface area contributed by atoms with Crippen LogP contribution < -0.4 is 11.1 Å². The van der Waals surface area contributed by atoms with Crippen molar-refractivity contribution in [2.75, 3.05) is 5.32 Å². The van der Waals surface area contributed by atoms with Gasteiger partial charge in [-0.2, -0.15) is 0 Å². The van der Waals surface area contributed by atoms with Gasteiger partial charge in [-0.05, 0) is 68.1 Å². The predicted molar refractivity (Wildman–Crippen MR) is 108 cm³/mol. The zero-order chi connectivity index (χ0) is 20.5. The molecule has 2 aromatic carbocycles. The van der Waals surface area contributed by atoms with Crippen molar-refractivity contribution in [1.82, 2.24) is 0 Å². The van der Waals surface area contributed by atoms with Crippen LogP contribution in [0.1, 0.15) is 47.2 Å². The molecule has 3 rings (SSSR count). The first-order valence-electron chi connectivity index (χ1n) is 9.21. The first kappa shape index (κ1) is 20.1. The summed E-state index contributed by atoms with van der Waals surface area (Å²) in [5.74, 6) is -1.10. The van der Waals surface area contributed by atoms with E-state index in [1.54, 1.807) is 31.2 Å². The number of hydrogen-bond acceptors (Lipinski definition) is 4. The van der Waals surface area contributed by atoms with E-state index in [0.717, 1.165) is 5.56 Å². The summed E-state index contributed by atoms with van der Waals surface area (Å²) in [6.07, 6.45) is 1.93. The molecule has 0 saturated heterocycles. The number of carbonyl (C=O) groups is 2. The topological polar surface area (TPSA) is 106 Å². The fraction of sp³-hybridized carbons (Fsp3) is 0.333. The van der Waals surface area contributed by atoms with E-state index in [4.69, 9.17) is 5.73 Å². The van der Waals surface area contributed by atoms with E-state index in [1.165, 1.54) is 12.1 Å². The van der Waals surface area contributed by atoms with Crippen LogP contribution in [0.25, 0.3) is 0 Å². The van der Waals surface area contributed by atoms with E-state index < -0.39 is 26.4 Å². The standard InChI is InChI=1S/C21H24N2O4S/c1-14-5-6-15(2)18(13-14)28(26,27)21(11-3-4-12-21)20(25)23-17-9-7-16(8-10-17)19(22)24/h5-10,13H,3-4,11-12H2,1-2H3,(H2,22,24)(H,23,25). The molecule has 1 fully saturated rings. The smallest absolute Gasteiger partial charge is 0.248 e. The average molecular weight is 401 g/mol. The van der Waals surface area contributed by atoms with Gasteiger partial charge >= 0.3 is 0 Å². The van der Waals surface area contributed by atoms with Crippen LogP contribution in [-0.2, 0) is 14.6 Å².